The number of hydrogen-bond acceptors (Lipinski definition) is 5. The predicted octanol–water partition coefficient (Wildman–Crippen LogP) is 7.66. The van der Waals surface area contributed by atoms with Crippen LogP contribution < -0.4 is 4.74 Å². The maximum absolute atomic E-state index is 13.1. The molecule has 3 aromatic carbocycles. The van der Waals surface area contributed by atoms with Gasteiger partial charge < -0.3 is 9.84 Å². The molecule has 1 amide bonds. The number of carboxylic acid groups (broad SMARTS) is 1. The fourth-order valence-corrected chi connectivity index (χ4v) is 5.25. The van der Waals surface area contributed by atoms with Crippen LogP contribution in [0.25, 0.3) is 6.08 Å². The number of nitrogens with zero attached hydrogens (tertiary/aromatic N) is 2. The molecule has 0 spiro atoms. The van der Waals surface area contributed by atoms with Crippen LogP contribution in [0.5, 0.6) is 5.75 Å². The minimum absolute atomic E-state index is 0.170. The molecule has 0 aromatic heterocycles. The van der Waals surface area contributed by atoms with Crippen LogP contribution in [-0.4, -0.2) is 33.6 Å². The van der Waals surface area contributed by atoms with Gasteiger partial charge in [0.05, 0.1) is 16.2 Å². The summed E-state index contributed by atoms with van der Waals surface area (Å²) < 4.78 is 6.88. The fraction of sp³-hybridized carbons (Fsp3) is 0.115. The summed E-state index contributed by atoms with van der Waals surface area (Å²) in [6.07, 6.45) is 1.77. The third-order valence-electron chi connectivity index (χ3n) is 5.20. The SMILES string of the molecule is CCN1C(=O)/C(=C\c2cc(Br)ccc2OCc2ccc(Cl)cc2Cl)SC1=Nc1ccc(C(=O)O)cc1. The van der Waals surface area contributed by atoms with Crippen LogP contribution >= 0.6 is 50.9 Å². The van der Waals surface area contributed by atoms with Crippen molar-refractivity contribution in [1.82, 2.24) is 4.90 Å². The Morgan fingerprint density at radius 1 is 1.14 bits per heavy atom. The van der Waals surface area contributed by atoms with Gasteiger partial charge in [0.2, 0.25) is 0 Å². The highest BCUT2D eigenvalue weighted by molar-refractivity contribution is 9.10. The van der Waals surface area contributed by atoms with Crippen molar-refractivity contribution in [2.75, 3.05) is 6.54 Å². The van der Waals surface area contributed by atoms with Crippen molar-refractivity contribution in [2.45, 2.75) is 13.5 Å². The quantitative estimate of drug-likeness (QED) is 0.280. The van der Waals surface area contributed by atoms with Crippen molar-refractivity contribution in [2.24, 2.45) is 4.99 Å². The number of carbonyl (C=O) groups is 2. The number of rotatable bonds is 7. The number of amidine groups is 1. The van der Waals surface area contributed by atoms with E-state index < -0.39 is 5.97 Å². The van der Waals surface area contributed by atoms with Gasteiger partial charge in [-0.1, -0.05) is 45.2 Å². The normalized spacial score (nSPS) is 15.7. The van der Waals surface area contributed by atoms with Gasteiger partial charge in [0.25, 0.3) is 5.91 Å². The van der Waals surface area contributed by atoms with Gasteiger partial charge in [-0.3, -0.25) is 9.69 Å². The predicted molar refractivity (Wildman–Crippen MR) is 148 cm³/mol. The zero-order valence-corrected chi connectivity index (χ0v) is 22.8. The number of aromatic carboxylic acids is 1. The largest absolute Gasteiger partial charge is 0.488 e. The first-order chi connectivity index (χ1) is 17.2. The molecular formula is C26H19BrCl2N2O4S. The number of thioether (sulfide) groups is 1. The Bertz CT molecular complexity index is 1390. The van der Waals surface area contributed by atoms with Gasteiger partial charge in [-0.05, 0) is 79.4 Å². The van der Waals surface area contributed by atoms with Crippen molar-refractivity contribution in [3.63, 3.8) is 0 Å². The number of likely N-dealkylation sites (N-methyl/N-ethyl adjacent to an activating group) is 1. The number of aliphatic imine (C=N–C) groups is 1. The Hall–Kier alpha value is -2.78. The maximum atomic E-state index is 13.1. The van der Waals surface area contributed by atoms with E-state index in [1.54, 1.807) is 35.2 Å². The molecule has 0 saturated carbocycles. The molecule has 1 N–H and O–H groups in total. The van der Waals surface area contributed by atoms with Crippen molar-refractivity contribution in [3.05, 3.63) is 96.8 Å². The molecule has 6 nitrogen and oxygen atoms in total. The molecule has 0 unspecified atom stereocenters. The lowest BCUT2D eigenvalue weighted by atomic mass is 10.1. The van der Waals surface area contributed by atoms with E-state index >= 15 is 0 Å². The van der Waals surface area contributed by atoms with Crippen molar-refractivity contribution in [3.8, 4) is 5.75 Å². The lowest BCUT2D eigenvalue weighted by molar-refractivity contribution is -0.122. The number of carbonyl (C=O) groups excluding carboxylic acids is 1. The topological polar surface area (TPSA) is 79.2 Å². The molecule has 1 fully saturated rings. The lowest BCUT2D eigenvalue weighted by Crippen LogP contribution is -2.28. The van der Waals surface area contributed by atoms with E-state index in [2.05, 4.69) is 20.9 Å². The first-order valence-corrected chi connectivity index (χ1v) is 13.1. The van der Waals surface area contributed by atoms with Crippen LogP contribution in [0.3, 0.4) is 0 Å². The highest BCUT2D eigenvalue weighted by Gasteiger charge is 2.32. The number of benzene rings is 3. The Balaban J connectivity index is 1.61. The molecule has 4 rings (SSSR count). The van der Waals surface area contributed by atoms with E-state index in [0.717, 1.165) is 10.0 Å². The third kappa shape index (κ3) is 6.13. The van der Waals surface area contributed by atoms with Crippen LogP contribution in [0, 0.1) is 0 Å². The summed E-state index contributed by atoms with van der Waals surface area (Å²) >= 11 is 17.0. The van der Waals surface area contributed by atoms with E-state index in [1.165, 1.54) is 23.9 Å². The molecule has 0 radical (unpaired) electrons. The van der Waals surface area contributed by atoms with E-state index in [1.807, 2.05) is 31.2 Å². The van der Waals surface area contributed by atoms with Gasteiger partial charge in [-0.15, -0.1) is 0 Å². The second-order valence-corrected chi connectivity index (χ2v) is 10.4. The average Bonchev–Trinajstić information content (AvgIpc) is 3.13. The zero-order valence-electron chi connectivity index (χ0n) is 18.9. The standard InChI is InChI=1S/C26H19BrCl2N2O4S/c1-2-31-24(32)23(36-26(31)30-20-8-4-15(5-9-20)25(33)34)12-17-11-18(27)6-10-22(17)35-14-16-3-7-19(28)13-21(16)29/h3-13H,2,14H2,1H3,(H,33,34)/b23-12+,30-26?. The number of ether oxygens (including phenoxy) is 1. The summed E-state index contributed by atoms with van der Waals surface area (Å²) in [5.74, 6) is -0.594. The minimum atomic E-state index is -1.01. The molecule has 10 heteroatoms. The minimum Gasteiger partial charge on any atom is -0.488 e. The summed E-state index contributed by atoms with van der Waals surface area (Å²) in [7, 11) is 0. The summed E-state index contributed by atoms with van der Waals surface area (Å²) in [4.78, 5) is 30.9. The molecule has 1 aliphatic heterocycles. The molecule has 1 aliphatic rings. The second kappa shape index (κ2) is 11.5. The van der Waals surface area contributed by atoms with Crippen molar-refractivity contribution in [1.29, 1.82) is 0 Å². The first kappa shape index (κ1) is 26.3. The Morgan fingerprint density at radius 2 is 1.89 bits per heavy atom. The third-order valence-corrected chi connectivity index (χ3v) is 7.29. The zero-order chi connectivity index (χ0) is 25.8. The highest BCUT2D eigenvalue weighted by Crippen LogP contribution is 2.36. The molecule has 0 bridgehead atoms. The Morgan fingerprint density at radius 3 is 2.56 bits per heavy atom. The van der Waals surface area contributed by atoms with Gasteiger partial charge >= 0.3 is 5.97 Å². The van der Waals surface area contributed by atoms with E-state index in [-0.39, 0.29) is 18.1 Å². The van der Waals surface area contributed by atoms with Gasteiger partial charge in [-0.25, -0.2) is 9.79 Å². The maximum Gasteiger partial charge on any atom is 0.335 e. The molecule has 0 atom stereocenters. The van der Waals surface area contributed by atoms with Crippen molar-refractivity contribution < 1.29 is 19.4 Å². The summed E-state index contributed by atoms with van der Waals surface area (Å²) in [6, 6.07) is 17.0. The van der Waals surface area contributed by atoms with E-state index in [0.29, 0.717) is 43.7 Å². The summed E-state index contributed by atoms with van der Waals surface area (Å²) in [6.45, 7) is 2.54. The lowest BCUT2D eigenvalue weighted by Gasteiger charge is -2.12. The second-order valence-electron chi connectivity index (χ2n) is 7.61. The van der Waals surface area contributed by atoms with E-state index in [9.17, 15) is 9.59 Å². The Labute approximate surface area is 230 Å². The molecule has 36 heavy (non-hydrogen) atoms. The summed E-state index contributed by atoms with van der Waals surface area (Å²) in [5.41, 5.74) is 2.23. The summed E-state index contributed by atoms with van der Waals surface area (Å²) in [5, 5.41) is 10.7. The molecular weight excluding hydrogens is 587 g/mol. The molecule has 1 saturated heterocycles. The molecule has 0 aliphatic carbocycles. The van der Waals surface area contributed by atoms with Crippen LogP contribution in [0.1, 0.15) is 28.4 Å². The highest BCUT2D eigenvalue weighted by atomic mass is 79.9. The number of amides is 1. The monoisotopic (exact) mass is 604 g/mol. The van der Waals surface area contributed by atoms with E-state index in [4.69, 9.17) is 33.0 Å². The smallest absolute Gasteiger partial charge is 0.335 e. The van der Waals surface area contributed by atoms with Gasteiger partial charge in [0.15, 0.2) is 5.17 Å². The van der Waals surface area contributed by atoms with Gasteiger partial charge in [-0.2, -0.15) is 0 Å². The van der Waals surface area contributed by atoms with Crippen LogP contribution in [-0.2, 0) is 11.4 Å². The van der Waals surface area contributed by atoms with Crippen molar-refractivity contribution >= 4 is 79.7 Å². The van der Waals surface area contributed by atoms with Crippen LogP contribution in [0.2, 0.25) is 10.0 Å². The van der Waals surface area contributed by atoms with Crippen LogP contribution in [0.4, 0.5) is 5.69 Å². The molecule has 184 valence electrons. The van der Waals surface area contributed by atoms with Gasteiger partial charge in [0.1, 0.15) is 12.4 Å². The number of halogens is 3. The molecule has 1 heterocycles. The fourth-order valence-electron chi connectivity index (χ4n) is 3.36. The molecule has 3 aromatic rings. The number of carboxylic acids is 1. The average molecular weight is 606 g/mol. The Kier molecular flexibility index (Phi) is 8.41. The van der Waals surface area contributed by atoms with Crippen LogP contribution in [0.15, 0.2) is 75.0 Å². The number of hydrogen-bond donors (Lipinski definition) is 1. The van der Waals surface area contributed by atoms with Gasteiger partial charge in [0, 0.05) is 32.2 Å². The first-order valence-electron chi connectivity index (χ1n) is 10.7.